The van der Waals surface area contributed by atoms with Gasteiger partial charge in [0.15, 0.2) is 0 Å². The third kappa shape index (κ3) is 3.93. The molecule has 88 valence electrons. The van der Waals surface area contributed by atoms with Crippen LogP contribution in [0.4, 0.5) is 0 Å². The summed E-state index contributed by atoms with van der Waals surface area (Å²) in [6.45, 7) is 4.06. The van der Waals surface area contributed by atoms with Crippen LogP contribution in [-0.4, -0.2) is 39.0 Å². The highest BCUT2D eigenvalue weighted by Crippen LogP contribution is 2.00. The molecule has 1 heterocycles. The average molecular weight is 221 g/mol. The smallest absolute Gasteiger partial charge is 0.0933 e. The van der Waals surface area contributed by atoms with Gasteiger partial charge in [0.2, 0.25) is 0 Å². The Balaban J connectivity index is 1.58. The molecule has 0 radical (unpaired) electrons. The topological polar surface area (TPSA) is 30.5 Å². The maximum absolute atomic E-state index is 5.54. The lowest BCUT2D eigenvalue weighted by Crippen LogP contribution is -2.38. The molecule has 1 atom stereocenters. The summed E-state index contributed by atoms with van der Waals surface area (Å²) < 4.78 is 10.9. The SMILES string of the molecule is c1ccc(CCNCC2COCCO2)cc1. The zero-order valence-corrected chi connectivity index (χ0v) is 9.52. The number of hydrogen-bond donors (Lipinski definition) is 1. The van der Waals surface area contributed by atoms with Crippen LogP contribution in [0.25, 0.3) is 0 Å². The maximum atomic E-state index is 5.54. The predicted molar refractivity (Wildman–Crippen MR) is 63.6 cm³/mol. The van der Waals surface area contributed by atoms with Gasteiger partial charge in [0.1, 0.15) is 0 Å². The maximum Gasteiger partial charge on any atom is 0.0933 e. The van der Waals surface area contributed by atoms with Crippen molar-refractivity contribution in [2.24, 2.45) is 0 Å². The monoisotopic (exact) mass is 221 g/mol. The van der Waals surface area contributed by atoms with Gasteiger partial charge in [-0.2, -0.15) is 0 Å². The zero-order chi connectivity index (χ0) is 11.1. The highest BCUT2D eigenvalue weighted by atomic mass is 16.6. The first-order valence-corrected chi connectivity index (χ1v) is 5.89. The van der Waals surface area contributed by atoms with Crippen LogP contribution in [0.5, 0.6) is 0 Å². The van der Waals surface area contributed by atoms with Gasteiger partial charge in [0.05, 0.1) is 25.9 Å². The highest BCUT2D eigenvalue weighted by Gasteiger charge is 2.12. The van der Waals surface area contributed by atoms with E-state index in [2.05, 4.69) is 29.6 Å². The molecule has 0 bridgehead atoms. The van der Waals surface area contributed by atoms with Gasteiger partial charge >= 0.3 is 0 Å². The molecule has 3 heteroatoms. The van der Waals surface area contributed by atoms with Crippen LogP contribution in [-0.2, 0) is 15.9 Å². The summed E-state index contributed by atoms with van der Waals surface area (Å²) in [6, 6.07) is 10.5. The van der Waals surface area contributed by atoms with Crippen LogP contribution in [0.3, 0.4) is 0 Å². The molecule has 0 spiro atoms. The largest absolute Gasteiger partial charge is 0.376 e. The standard InChI is InChI=1S/C13H19NO2/c1-2-4-12(5-3-1)6-7-14-10-13-11-15-8-9-16-13/h1-5,13-14H,6-11H2. The number of rotatable bonds is 5. The Kier molecular flexibility index (Phi) is 4.80. The van der Waals surface area contributed by atoms with Gasteiger partial charge in [-0.3, -0.25) is 0 Å². The van der Waals surface area contributed by atoms with E-state index in [1.807, 2.05) is 6.07 Å². The van der Waals surface area contributed by atoms with E-state index in [0.29, 0.717) is 0 Å². The second-order valence-electron chi connectivity index (χ2n) is 4.01. The van der Waals surface area contributed by atoms with Gasteiger partial charge in [-0.1, -0.05) is 30.3 Å². The number of benzene rings is 1. The van der Waals surface area contributed by atoms with Crippen LogP contribution in [0.2, 0.25) is 0 Å². The molecule has 2 rings (SSSR count). The van der Waals surface area contributed by atoms with Gasteiger partial charge in [-0.15, -0.1) is 0 Å². The predicted octanol–water partition coefficient (Wildman–Crippen LogP) is 1.23. The molecule has 1 N–H and O–H groups in total. The lowest BCUT2D eigenvalue weighted by molar-refractivity contribution is -0.0862. The molecule has 1 aromatic rings. The van der Waals surface area contributed by atoms with Gasteiger partial charge < -0.3 is 14.8 Å². The van der Waals surface area contributed by atoms with Crippen molar-refractivity contribution in [3.8, 4) is 0 Å². The Hall–Kier alpha value is -0.900. The summed E-state index contributed by atoms with van der Waals surface area (Å²) in [6.07, 6.45) is 1.29. The highest BCUT2D eigenvalue weighted by molar-refractivity contribution is 5.14. The third-order valence-corrected chi connectivity index (χ3v) is 2.69. The van der Waals surface area contributed by atoms with E-state index >= 15 is 0 Å². The van der Waals surface area contributed by atoms with Gasteiger partial charge in [-0.25, -0.2) is 0 Å². The van der Waals surface area contributed by atoms with Crippen LogP contribution in [0.1, 0.15) is 5.56 Å². The molecule has 1 aliphatic heterocycles. The van der Waals surface area contributed by atoms with Gasteiger partial charge in [-0.05, 0) is 18.5 Å². The van der Waals surface area contributed by atoms with Crippen molar-refractivity contribution in [2.45, 2.75) is 12.5 Å². The van der Waals surface area contributed by atoms with E-state index < -0.39 is 0 Å². The lowest BCUT2D eigenvalue weighted by atomic mass is 10.1. The van der Waals surface area contributed by atoms with Crippen molar-refractivity contribution < 1.29 is 9.47 Å². The van der Waals surface area contributed by atoms with E-state index in [4.69, 9.17) is 9.47 Å². The molecule has 16 heavy (non-hydrogen) atoms. The van der Waals surface area contributed by atoms with Crippen molar-refractivity contribution in [2.75, 3.05) is 32.9 Å². The minimum Gasteiger partial charge on any atom is -0.376 e. The first-order valence-electron chi connectivity index (χ1n) is 5.89. The van der Waals surface area contributed by atoms with E-state index in [9.17, 15) is 0 Å². The van der Waals surface area contributed by atoms with Crippen molar-refractivity contribution in [3.05, 3.63) is 35.9 Å². The Labute approximate surface area is 96.8 Å². The summed E-state index contributed by atoms with van der Waals surface area (Å²) >= 11 is 0. The number of hydrogen-bond acceptors (Lipinski definition) is 3. The molecule has 1 fully saturated rings. The molecular weight excluding hydrogens is 202 g/mol. The van der Waals surface area contributed by atoms with Crippen molar-refractivity contribution in [3.63, 3.8) is 0 Å². The molecule has 0 aromatic heterocycles. The first kappa shape index (κ1) is 11.6. The fourth-order valence-electron chi connectivity index (χ4n) is 1.79. The van der Waals surface area contributed by atoms with Gasteiger partial charge in [0.25, 0.3) is 0 Å². The zero-order valence-electron chi connectivity index (χ0n) is 9.52. The molecule has 0 amide bonds. The minimum atomic E-state index is 0.226. The second-order valence-corrected chi connectivity index (χ2v) is 4.01. The van der Waals surface area contributed by atoms with Crippen LogP contribution >= 0.6 is 0 Å². The average Bonchev–Trinajstić information content (AvgIpc) is 2.37. The molecule has 0 saturated carbocycles. The van der Waals surface area contributed by atoms with Crippen LogP contribution < -0.4 is 5.32 Å². The summed E-state index contributed by atoms with van der Waals surface area (Å²) in [4.78, 5) is 0. The second kappa shape index (κ2) is 6.63. The fraction of sp³-hybridized carbons (Fsp3) is 0.538. The summed E-state index contributed by atoms with van der Waals surface area (Å²) in [5.74, 6) is 0. The molecule has 3 nitrogen and oxygen atoms in total. The Bertz CT molecular complexity index is 283. The quantitative estimate of drug-likeness (QED) is 0.759. The summed E-state index contributed by atoms with van der Waals surface area (Å²) in [5, 5.41) is 3.40. The van der Waals surface area contributed by atoms with Crippen LogP contribution in [0, 0.1) is 0 Å². The van der Waals surface area contributed by atoms with Crippen molar-refractivity contribution >= 4 is 0 Å². The minimum absolute atomic E-state index is 0.226. The molecule has 1 unspecified atom stereocenters. The van der Waals surface area contributed by atoms with E-state index in [0.717, 1.165) is 39.3 Å². The van der Waals surface area contributed by atoms with E-state index in [-0.39, 0.29) is 6.10 Å². The molecule has 1 aromatic carbocycles. The van der Waals surface area contributed by atoms with Crippen molar-refractivity contribution in [1.29, 1.82) is 0 Å². The summed E-state index contributed by atoms with van der Waals surface area (Å²) in [5.41, 5.74) is 1.37. The van der Waals surface area contributed by atoms with Crippen molar-refractivity contribution in [1.82, 2.24) is 5.32 Å². The molecule has 1 aliphatic rings. The number of nitrogens with one attached hydrogen (secondary N) is 1. The summed E-state index contributed by atoms with van der Waals surface area (Å²) in [7, 11) is 0. The first-order chi connectivity index (χ1) is 7.95. The van der Waals surface area contributed by atoms with Gasteiger partial charge in [0, 0.05) is 6.54 Å². The molecular formula is C13H19NO2. The third-order valence-electron chi connectivity index (χ3n) is 2.69. The molecule has 1 saturated heterocycles. The Morgan fingerprint density at radius 1 is 1.19 bits per heavy atom. The van der Waals surface area contributed by atoms with E-state index in [1.54, 1.807) is 0 Å². The Morgan fingerprint density at radius 2 is 2.06 bits per heavy atom. The Morgan fingerprint density at radius 3 is 2.81 bits per heavy atom. The normalized spacial score (nSPS) is 20.9. The van der Waals surface area contributed by atoms with Crippen LogP contribution in [0.15, 0.2) is 30.3 Å². The lowest BCUT2D eigenvalue weighted by Gasteiger charge is -2.23. The number of ether oxygens (including phenoxy) is 2. The molecule has 0 aliphatic carbocycles. The van der Waals surface area contributed by atoms with E-state index in [1.165, 1.54) is 5.56 Å². The fourth-order valence-corrected chi connectivity index (χ4v) is 1.79.